The summed E-state index contributed by atoms with van der Waals surface area (Å²) in [5.41, 5.74) is 1.29. The van der Waals surface area contributed by atoms with Crippen molar-refractivity contribution in [3.8, 4) is 6.07 Å². The molecule has 2 heteroatoms. The molecule has 0 N–H and O–H groups in total. The average molecular weight is 297 g/mol. The first-order chi connectivity index (χ1) is 6.76. The largest absolute Gasteiger partial charge is 0.198 e. The number of rotatable bonds is 2. The van der Waals surface area contributed by atoms with Crippen LogP contribution in [0.4, 0.5) is 0 Å². The molecule has 0 aliphatic heterocycles. The molecular formula is C12H12IN. The summed E-state index contributed by atoms with van der Waals surface area (Å²) >= 11 is 2.35. The lowest BCUT2D eigenvalue weighted by Gasteiger charge is -2.35. The maximum atomic E-state index is 9.14. The smallest absolute Gasteiger partial charge is 0.0693 e. The van der Waals surface area contributed by atoms with Crippen molar-refractivity contribution in [3.05, 3.63) is 33.4 Å². The second kappa shape index (κ2) is 3.90. The molecule has 0 radical (unpaired) electrons. The highest BCUT2D eigenvalue weighted by Gasteiger charge is 2.37. The summed E-state index contributed by atoms with van der Waals surface area (Å²) < 4.78 is 1.28. The molecule has 14 heavy (non-hydrogen) atoms. The number of hydrogen-bond acceptors (Lipinski definition) is 1. The molecule has 1 aliphatic rings. The third-order valence-electron chi connectivity index (χ3n) is 3.03. The topological polar surface area (TPSA) is 23.8 Å². The van der Waals surface area contributed by atoms with Crippen LogP contribution in [0.15, 0.2) is 24.3 Å². The van der Waals surface area contributed by atoms with Gasteiger partial charge in [0, 0.05) is 3.57 Å². The van der Waals surface area contributed by atoms with E-state index in [1.165, 1.54) is 15.6 Å². The number of benzene rings is 1. The fraction of sp³-hybridized carbons (Fsp3) is 0.417. The quantitative estimate of drug-likeness (QED) is 0.766. The average Bonchev–Trinajstić information content (AvgIpc) is 2.14. The number of halogens is 1. The van der Waals surface area contributed by atoms with Gasteiger partial charge in [0.15, 0.2) is 0 Å². The van der Waals surface area contributed by atoms with Crippen molar-refractivity contribution in [2.24, 2.45) is 5.41 Å². The van der Waals surface area contributed by atoms with Gasteiger partial charge < -0.3 is 0 Å². The van der Waals surface area contributed by atoms with Crippen LogP contribution in [0.2, 0.25) is 0 Å². The van der Waals surface area contributed by atoms with Crippen molar-refractivity contribution in [1.29, 1.82) is 5.26 Å². The molecule has 1 saturated carbocycles. The minimum atomic E-state index is -0.0404. The van der Waals surface area contributed by atoms with Gasteiger partial charge in [-0.1, -0.05) is 24.6 Å². The van der Waals surface area contributed by atoms with Gasteiger partial charge in [-0.15, -0.1) is 0 Å². The standard InChI is InChI=1S/C12H12IN/c13-11-5-2-1-4-10(11)8-12(9-14)6-3-7-12/h1-2,4-5H,3,6-8H2. The van der Waals surface area contributed by atoms with Gasteiger partial charge in [-0.05, 0) is 53.5 Å². The second-order valence-corrected chi connectivity index (χ2v) is 5.18. The highest BCUT2D eigenvalue weighted by atomic mass is 127. The Morgan fingerprint density at radius 2 is 2.07 bits per heavy atom. The fourth-order valence-electron chi connectivity index (χ4n) is 1.94. The first-order valence-electron chi connectivity index (χ1n) is 4.90. The second-order valence-electron chi connectivity index (χ2n) is 4.01. The van der Waals surface area contributed by atoms with Gasteiger partial charge >= 0.3 is 0 Å². The Bertz CT molecular complexity index is 374. The Kier molecular flexibility index (Phi) is 2.78. The third-order valence-corrected chi connectivity index (χ3v) is 4.09. The van der Waals surface area contributed by atoms with E-state index in [9.17, 15) is 0 Å². The maximum absolute atomic E-state index is 9.14. The first kappa shape index (κ1) is 9.97. The van der Waals surface area contributed by atoms with Crippen LogP contribution < -0.4 is 0 Å². The van der Waals surface area contributed by atoms with Crippen molar-refractivity contribution in [2.45, 2.75) is 25.7 Å². The molecule has 72 valence electrons. The summed E-state index contributed by atoms with van der Waals surface area (Å²) in [4.78, 5) is 0. The minimum Gasteiger partial charge on any atom is -0.198 e. The van der Waals surface area contributed by atoms with Crippen LogP contribution in [0.1, 0.15) is 24.8 Å². The maximum Gasteiger partial charge on any atom is 0.0693 e. The molecule has 1 nitrogen and oxygen atoms in total. The van der Waals surface area contributed by atoms with E-state index in [2.05, 4.69) is 46.9 Å². The van der Waals surface area contributed by atoms with Crippen LogP contribution in [0.3, 0.4) is 0 Å². The SMILES string of the molecule is N#CC1(Cc2ccccc2I)CCC1. The summed E-state index contributed by atoms with van der Waals surface area (Å²) in [5.74, 6) is 0. The van der Waals surface area contributed by atoms with Crippen molar-refractivity contribution < 1.29 is 0 Å². The highest BCUT2D eigenvalue weighted by molar-refractivity contribution is 14.1. The van der Waals surface area contributed by atoms with E-state index in [1.807, 2.05) is 6.07 Å². The summed E-state index contributed by atoms with van der Waals surface area (Å²) in [6.45, 7) is 0. The zero-order chi connectivity index (χ0) is 10.0. The van der Waals surface area contributed by atoms with Crippen LogP contribution in [0, 0.1) is 20.3 Å². The Morgan fingerprint density at radius 1 is 1.36 bits per heavy atom. The van der Waals surface area contributed by atoms with Gasteiger partial charge in [0.25, 0.3) is 0 Å². The summed E-state index contributed by atoms with van der Waals surface area (Å²) in [6, 6.07) is 10.8. The molecule has 1 aromatic carbocycles. The molecule has 0 aromatic heterocycles. The molecule has 0 saturated heterocycles. The normalized spacial score (nSPS) is 18.3. The molecule has 1 fully saturated rings. The number of hydrogen-bond donors (Lipinski definition) is 0. The lowest BCUT2D eigenvalue weighted by molar-refractivity contribution is 0.213. The van der Waals surface area contributed by atoms with Gasteiger partial charge in [0.2, 0.25) is 0 Å². The van der Waals surface area contributed by atoms with E-state index in [1.54, 1.807) is 0 Å². The Hall–Kier alpha value is -0.560. The van der Waals surface area contributed by atoms with Crippen molar-refractivity contribution in [2.75, 3.05) is 0 Å². The van der Waals surface area contributed by atoms with Gasteiger partial charge in [0.05, 0.1) is 11.5 Å². The lowest BCUT2D eigenvalue weighted by Crippen LogP contribution is -2.30. The summed E-state index contributed by atoms with van der Waals surface area (Å²) in [7, 11) is 0. The monoisotopic (exact) mass is 297 g/mol. The van der Waals surface area contributed by atoms with E-state index >= 15 is 0 Å². The van der Waals surface area contributed by atoms with E-state index < -0.39 is 0 Å². The molecule has 0 atom stereocenters. The molecule has 0 spiro atoms. The fourth-order valence-corrected chi connectivity index (χ4v) is 2.52. The van der Waals surface area contributed by atoms with E-state index in [0.29, 0.717) is 0 Å². The first-order valence-corrected chi connectivity index (χ1v) is 5.98. The predicted molar refractivity (Wildman–Crippen MR) is 64.8 cm³/mol. The van der Waals surface area contributed by atoms with Crippen LogP contribution in [0.25, 0.3) is 0 Å². The Labute approximate surface area is 98.3 Å². The van der Waals surface area contributed by atoms with Crippen molar-refractivity contribution >= 4 is 22.6 Å². The summed E-state index contributed by atoms with van der Waals surface area (Å²) in [5, 5.41) is 9.14. The molecule has 2 rings (SSSR count). The van der Waals surface area contributed by atoms with Crippen LogP contribution in [0.5, 0.6) is 0 Å². The minimum absolute atomic E-state index is 0.0404. The Morgan fingerprint density at radius 3 is 2.57 bits per heavy atom. The molecule has 0 amide bonds. The molecule has 1 aliphatic carbocycles. The lowest BCUT2D eigenvalue weighted by atomic mass is 9.66. The molecule has 0 heterocycles. The van der Waals surface area contributed by atoms with Crippen molar-refractivity contribution in [1.82, 2.24) is 0 Å². The summed E-state index contributed by atoms with van der Waals surface area (Å²) in [6.07, 6.45) is 4.31. The van der Waals surface area contributed by atoms with Crippen molar-refractivity contribution in [3.63, 3.8) is 0 Å². The number of nitrogens with zero attached hydrogens (tertiary/aromatic N) is 1. The zero-order valence-corrected chi connectivity index (χ0v) is 10.1. The van der Waals surface area contributed by atoms with E-state index in [-0.39, 0.29) is 5.41 Å². The Balaban J connectivity index is 2.19. The third kappa shape index (κ3) is 1.78. The molecule has 1 aromatic rings. The van der Waals surface area contributed by atoms with Crippen LogP contribution >= 0.6 is 22.6 Å². The van der Waals surface area contributed by atoms with Gasteiger partial charge in [-0.2, -0.15) is 5.26 Å². The van der Waals surface area contributed by atoms with Gasteiger partial charge in [-0.25, -0.2) is 0 Å². The van der Waals surface area contributed by atoms with E-state index in [4.69, 9.17) is 5.26 Å². The van der Waals surface area contributed by atoms with Gasteiger partial charge in [-0.3, -0.25) is 0 Å². The highest BCUT2D eigenvalue weighted by Crippen LogP contribution is 2.43. The predicted octanol–water partition coefficient (Wildman–Crippen LogP) is 3.53. The van der Waals surface area contributed by atoms with E-state index in [0.717, 1.165) is 19.3 Å². The zero-order valence-electron chi connectivity index (χ0n) is 7.96. The van der Waals surface area contributed by atoms with Gasteiger partial charge in [0.1, 0.15) is 0 Å². The van der Waals surface area contributed by atoms with Crippen LogP contribution in [-0.2, 0) is 6.42 Å². The molecule has 0 unspecified atom stereocenters. The molecule has 0 bridgehead atoms. The molecular weight excluding hydrogens is 285 g/mol. The number of nitriles is 1. The van der Waals surface area contributed by atoms with Crippen LogP contribution in [-0.4, -0.2) is 0 Å².